The van der Waals surface area contributed by atoms with Gasteiger partial charge in [-0.15, -0.1) is 0 Å². The largest absolute Gasteiger partial charge is 0.360 e. The summed E-state index contributed by atoms with van der Waals surface area (Å²) >= 11 is 5.90. The van der Waals surface area contributed by atoms with Crippen LogP contribution in [-0.4, -0.2) is 40.1 Å². The zero-order chi connectivity index (χ0) is 22.1. The molecular weight excluding hydrogens is 424 g/mol. The van der Waals surface area contributed by atoms with Crippen molar-refractivity contribution < 1.29 is 19.2 Å². The lowest BCUT2D eigenvalue weighted by Gasteiger charge is -2.13. The van der Waals surface area contributed by atoms with Gasteiger partial charge in [-0.25, -0.2) is 0 Å². The Morgan fingerprint density at radius 1 is 0.968 bits per heavy atom. The highest BCUT2D eigenvalue weighted by Crippen LogP contribution is 2.22. The molecule has 0 spiro atoms. The number of pyridine rings is 1. The predicted octanol–water partition coefficient (Wildman–Crippen LogP) is 1.63. The lowest BCUT2D eigenvalue weighted by Crippen LogP contribution is -2.44. The SMILES string of the molecule is O=C(CCN1C(=O)c2ccccc2C1=O)NNC(=O)c1c[nH]c2ccc(Cl)cc2c1=O. The molecule has 3 aromatic rings. The summed E-state index contributed by atoms with van der Waals surface area (Å²) in [5.74, 6) is -2.40. The van der Waals surface area contributed by atoms with E-state index in [4.69, 9.17) is 11.6 Å². The van der Waals surface area contributed by atoms with Gasteiger partial charge in [-0.3, -0.25) is 39.7 Å². The number of hydrazine groups is 1. The molecule has 2 heterocycles. The van der Waals surface area contributed by atoms with Crippen LogP contribution in [0.3, 0.4) is 0 Å². The fraction of sp³-hybridized carbons (Fsp3) is 0.0952. The summed E-state index contributed by atoms with van der Waals surface area (Å²) in [6.45, 7) is -0.150. The number of aromatic amines is 1. The highest BCUT2D eigenvalue weighted by atomic mass is 35.5. The molecule has 4 rings (SSSR count). The fourth-order valence-electron chi connectivity index (χ4n) is 3.27. The molecule has 9 nitrogen and oxygen atoms in total. The van der Waals surface area contributed by atoms with E-state index in [0.29, 0.717) is 10.5 Å². The minimum atomic E-state index is -0.822. The van der Waals surface area contributed by atoms with E-state index in [0.717, 1.165) is 4.90 Å². The van der Waals surface area contributed by atoms with Gasteiger partial charge in [-0.2, -0.15) is 0 Å². The van der Waals surface area contributed by atoms with Gasteiger partial charge in [-0.1, -0.05) is 23.7 Å². The first-order chi connectivity index (χ1) is 14.9. The molecule has 3 N–H and O–H groups in total. The molecule has 1 aliphatic heterocycles. The number of carbonyl (C=O) groups excluding carboxylic acids is 4. The van der Waals surface area contributed by atoms with Crippen LogP contribution in [-0.2, 0) is 4.79 Å². The third-order valence-corrected chi connectivity index (χ3v) is 5.08. The molecule has 4 amide bonds. The topological polar surface area (TPSA) is 128 Å². The quantitative estimate of drug-likeness (QED) is 0.421. The van der Waals surface area contributed by atoms with E-state index in [1.54, 1.807) is 36.4 Å². The molecule has 0 atom stereocenters. The number of halogens is 1. The maximum atomic E-state index is 12.5. The summed E-state index contributed by atoms with van der Waals surface area (Å²) in [4.78, 5) is 65.3. The summed E-state index contributed by atoms with van der Waals surface area (Å²) < 4.78 is 0. The van der Waals surface area contributed by atoms with Gasteiger partial charge >= 0.3 is 0 Å². The molecule has 0 saturated carbocycles. The van der Waals surface area contributed by atoms with Crippen LogP contribution in [0.4, 0.5) is 0 Å². The Morgan fingerprint density at radius 3 is 2.32 bits per heavy atom. The molecular formula is C21H15ClN4O5. The number of imide groups is 1. The molecule has 1 aromatic heterocycles. The maximum absolute atomic E-state index is 12.5. The van der Waals surface area contributed by atoms with Crippen molar-refractivity contribution >= 4 is 46.1 Å². The second kappa shape index (κ2) is 8.04. The molecule has 31 heavy (non-hydrogen) atoms. The molecule has 156 valence electrons. The fourth-order valence-corrected chi connectivity index (χ4v) is 3.44. The Labute approximate surface area is 180 Å². The van der Waals surface area contributed by atoms with Crippen molar-refractivity contribution in [1.82, 2.24) is 20.7 Å². The highest BCUT2D eigenvalue weighted by molar-refractivity contribution is 6.31. The molecule has 0 saturated heterocycles. The third kappa shape index (κ3) is 3.78. The first kappa shape index (κ1) is 20.3. The van der Waals surface area contributed by atoms with Crippen LogP contribution in [0, 0.1) is 0 Å². The zero-order valence-electron chi connectivity index (χ0n) is 15.9. The summed E-state index contributed by atoms with van der Waals surface area (Å²) in [6.07, 6.45) is 1.01. The number of benzene rings is 2. The molecule has 2 aromatic carbocycles. The van der Waals surface area contributed by atoms with Crippen LogP contribution in [0.2, 0.25) is 5.02 Å². The van der Waals surface area contributed by atoms with Gasteiger partial charge in [0, 0.05) is 35.1 Å². The summed E-state index contributed by atoms with van der Waals surface area (Å²) in [5.41, 5.74) is 4.66. The van der Waals surface area contributed by atoms with Crippen LogP contribution >= 0.6 is 11.6 Å². The second-order valence-electron chi connectivity index (χ2n) is 6.78. The Hall–Kier alpha value is -3.98. The number of rotatable bonds is 4. The van der Waals surface area contributed by atoms with Crippen LogP contribution < -0.4 is 16.3 Å². The summed E-state index contributed by atoms with van der Waals surface area (Å²) in [7, 11) is 0. The van der Waals surface area contributed by atoms with Gasteiger partial charge in [0.2, 0.25) is 11.3 Å². The van der Waals surface area contributed by atoms with Gasteiger partial charge < -0.3 is 4.98 Å². The van der Waals surface area contributed by atoms with E-state index >= 15 is 0 Å². The van der Waals surface area contributed by atoms with Crippen molar-refractivity contribution in [2.45, 2.75) is 6.42 Å². The van der Waals surface area contributed by atoms with Crippen LogP contribution in [0.5, 0.6) is 0 Å². The molecule has 1 aliphatic rings. The number of fused-ring (bicyclic) bond motifs is 2. The van der Waals surface area contributed by atoms with Gasteiger partial charge in [0.1, 0.15) is 5.56 Å². The Morgan fingerprint density at radius 2 is 1.65 bits per heavy atom. The van der Waals surface area contributed by atoms with Gasteiger partial charge in [-0.05, 0) is 30.3 Å². The van der Waals surface area contributed by atoms with Crippen molar-refractivity contribution in [3.05, 3.63) is 80.6 Å². The van der Waals surface area contributed by atoms with E-state index in [9.17, 15) is 24.0 Å². The monoisotopic (exact) mass is 438 g/mol. The van der Waals surface area contributed by atoms with Crippen LogP contribution in [0.25, 0.3) is 10.9 Å². The van der Waals surface area contributed by atoms with Gasteiger partial charge in [0.05, 0.1) is 11.1 Å². The number of aromatic nitrogens is 1. The normalized spacial score (nSPS) is 12.7. The van der Waals surface area contributed by atoms with Crippen molar-refractivity contribution in [2.75, 3.05) is 6.54 Å². The first-order valence-electron chi connectivity index (χ1n) is 9.22. The van der Waals surface area contributed by atoms with E-state index < -0.39 is 29.1 Å². The minimum Gasteiger partial charge on any atom is -0.360 e. The molecule has 0 radical (unpaired) electrons. The van der Waals surface area contributed by atoms with E-state index in [-0.39, 0.29) is 35.0 Å². The predicted molar refractivity (Wildman–Crippen MR) is 112 cm³/mol. The van der Waals surface area contributed by atoms with E-state index in [1.165, 1.54) is 12.3 Å². The molecule has 0 bridgehead atoms. The molecule has 0 fully saturated rings. The number of hydrogen-bond donors (Lipinski definition) is 3. The summed E-state index contributed by atoms with van der Waals surface area (Å²) in [6, 6.07) is 11.0. The average molecular weight is 439 g/mol. The number of hydrogen-bond acceptors (Lipinski definition) is 5. The maximum Gasteiger partial charge on any atom is 0.275 e. The van der Waals surface area contributed by atoms with Gasteiger partial charge in [0.15, 0.2) is 0 Å². The third-order valence-electron chi connectivity index (χ3n) is 4.84. The second-order valence-corrected chi connectivity index (χ2v) is 7.22. The molecule has 0 unspecified atom stereocenters. The standard InChI is InChI=1S/C21H15ClN4O5/c22-11-5-6-16-14(9-11)18(28)15(10-23-16)19(29)25-24-17(27)7-8-26-20(30)12-3-1-2-4-13(12)21(26)31/h1-6,9-10H,7-8H2,(H,23,28)(H,24,27)(H,25,29). The number of nitrogens with zero attached hydrogens (tertiary/aromatic N) is 1. The number of nitrogens with one attached hydrogen (secondary N) is 3. The highest BCUT2D eigenvalue weighted by Gasteiger charge is 2.34. The number of amides is 4. The Bertz CT molecular complexity index is 1280. The average Bonchev–Trinajstić information content (AvgIpc) is 3.01. The first-order valence-corrected chi connectivity index (χ1v) is 9.60. The van der Waals surface area contributed by atoms with Crippen molar-refractivity contribution in [2.24, 2.45) is 0 Å². The smallest absolute Gasteiger partial charge is 0.275 e. The Balaban J connectivity index is 1.36. The number of carbonyl (C=O) groups is 4. The molecule has 0 aliphatic carbocycles. The lowest BCUT2D eigenvalue weighted by molar-refractivity contribution is -0.121. The zero-order valence-corrected chi connectivity index (χ0v) is 16.7. The number of H-pyrrole nitrogens is 1. The van der Waals surface area contributed by atoms with E-state index in [2.05, 4.69) is 15.8 Å². The van der Waals surface area contributed by atoms with Crippen molar-refractivity contribution in [1.29, 1.82) is 0 Å². The van der Waals surface area contributed by atoms with E-state index in [1.807, 2.05) is 0 Å². The molecule has 10 heteroatoms. The Kier molecular flexibility index (Phi) is 5.26. The van der Waals surface area contributed by atoms with Gasteiger partial charge in [0.25, 0.3) is 17.7 Å². The van der Waals surface area contributed by atoms with Crippen molar-refractivity contribution in [3.8, 4) is 0 Å². The lowest BCUT2D eigenvalue weighted by atomic mass is 10.1. The minimum absolute atomic E-state index is 0.150. The summed E-state index contributed by atoms with van der Waals surface area (Å²) in [5, 5.41) is 0.578. The van der Waals surface area contributed by atoms with Crippen LogP contribution in [0.15, 0.2) is 53.5 Å². The van der Waals surface area contributed by atoms with Crippen LogP contribution in [0.1, 0.15) is 37.5 Å². The van der Waals surface area contributed by atoms with Crippen molar-refractivity contribution in [3.63, 3.8) is 0 Å².